The highest BCUT2D eigenvalue weighted by atomic mass is 32.2. The zero-order valence-corrected chi connectivity index (χ0v) is 17.8. The average Bonchev–Trinajstić information content (AvgIpc) is 2.68. The SMILES string of the molecule is CSc1cncc(CC(=O)C(C)(C)c2ccc(-c3cnc(C)nc3)cc2C)c1. The number of aromatic nitrogens is 3. The first-order valence-corrected chi connectivity index (χ1v) is 10.4. The van der Waals surface area contributed by atoms with Crippen molar-refractivity contribution in [2.24, 2.45) is 0 Å². The van der Waals surface area contributed by atoms with Crippen molar-refractivity contribution in [1.82, 2.24) is 15.0 Å². The molecule has 0 saturated heterocycles. The van der Waals surface area contributed by atoms with Gasteiger partial charge in [0.1, 0.15) is 11.6 Å². The number of benzene rings is 1. The maximum absolute atomic E-state index is 13.1. The molecule has 0 aliphatic heterocycles. The Kier molecular flexibility index (Phi) is 5.94. The van der Waals surface area contributed by atoms with Gasteiger partial charge in [-0.1, -0.05) is 18.2 Å². The Balaban J connectivity index is 1.86. The van der Waals surface area contributed by atoms with Crippen molar-refractivity contribution < 1.29 is 4.79 Å². The number of rotatable bonds is 6. The van der Waals surface area contributed by atoms with Gasteiger partial charge in [-0.25, -0.2) is 9.97 Å². The molecule has 0 amide bonds. The number of thioether (sulfide) groups is 1. The molecule has 0 fully saturated rings. The van der Waals surface area contributed by atoms with E-state index in [9.17, 15) is 4.79 Å². The predicted molar refractivity (Wildman–Crippen MR) is 115 cm³/mol. The Labute approximate surface area is 170 Å². The number of carbonyl (C=O) groups is 1. The molecule has 2 heterocycles. The molecule has 28 heavy (non-hydrogen) atoms. The summed E-state index contributed by atoms with van der Waals surface area (Å²) in [6.45, 7) is 7.92. The third-order valence-corrected chi connectivity index (χ3v) is 5.78. The van der Waals surface area contributed by atoms with E-state index in [1.807, 2.05) is 57.8 Å². The van der Waals surface area contributed by atoms with E-state index in [-0.39, 0.29) is 5.78 Å². The average molecular weight is 392 g/mol. The van der Waals surface area contributed by atoms with E-state index in [1.54, 1.807) is 18.0 Å². The van der Waals surface area contributed by atoms with Crippen molar-refractivity contribution in [2.75, 3.05) is 6.26 Å². The van der Waals surface area contributed by atoms with Crippen LogP contribution in [0.25, 0.3) is 11.1 Å². The highest BCUT2D eigenvalue weighted by Crippen LogP contribution is 2.31. The van der Waals surface area contributed by atoms with Crippen molar-refractivity contribution >= 4 is 17.5 Å². The van der Waals surface area contributed by atoms with Gasteiger partial charge in [0.25, 0.3) is 0 Å². The van der Waals surface area contributed by atoms with Crippen LogP contribution in [0.1, 0.15) is 36.4 Å². The zero-order chi connectivity index (χ0) is 20.3. The molecule has 2 aromatic heterocycles. The van der Waals surface area contributed by atoms with Crippen LogP contribution in [-0.2, 0) is 16.6 Å². The highest BCUT2D eigenvalue weighted by Gasteiger charge is 2.31. The molecular weight excluding hydrogens is 366 g/mol. The second kappa shape index (κ2) is 8.23. The van der Waals surface area contributed by atoms with Gasteiger partial charge in [0.2, 0.25) is 0 Å². The molecule has 0 bridgehead atoms. The molecule has 4 nitrogen and oxygen atoms in total. The fraction of sp³-hybridized carbons (Fsp3) is 0.304. The Morgan fingerprint density at radius 3 is 2.36 bits per heavy atom. The van der Waals surface area contributed by atoms with Crippen LogP contribution < -0.4 is 0 Å². The summed E-state index contributed by atoms with van der Waals surface area (Å²) in [7, 11) is 0. The fourth-order valence-electron chi connectivity index (χ4n) is 3.31. The molecule has 0 N–H and O–H groups in total. The molecule has 0 aliphatic carbocycles. The maximum Gasteiger partial charge on any atom is 0.147 e. The second-order valence-electron chi connectivity index (χ2n) is 7.51. The number of Topliss-reactive ketones (excluding diaryl/α,β-unsaturated/α-hetero) is 1. The summed E-state index contributed by atoms with van der Waals surface area (Å²) in [6.07, 6.45) is 9.65. The first-order valence-electron chi connectivity index (χ1n) is 9.22. The quantitative estimate of drug-likeness (QED) is 0.556. The van der Waals surface area contributed by atoms with Crippen molar-refractivity contribution in [3.8, 4) is 11.1 Å². The van der Waals surface area contributed by atoms with Crippen molar-refractivity contribution in [3.05, 3.63) is 71.6 Å². The molecule has 3 aromatic rings. The number of pyridine rings is 1. The lowest BCUT2D eigenvalue weighted by molar-refractivity contribution is -0.122. The second-order valence-corrected chi connectivity index (χ2v) is 8.39. The zero-order valence-electron chi connectivity index (χ0n) is 17.0. The molecule has 0 saturated carbocycles. The van der Waals surface area contributed by atoms with Gasteiger partial charge >= 0.3 is 0 Å². The minimum Gasteiger partial charge on any atom is -0.298 e. The fourth-order valence-corrected chi connectivity index (χ4v) is 3.75. The number of hydrogen-bond donors (Lipinski definition) is 0. The molecule has 3 rings (SSSR count). The van der Waals surface area contributed by atoms with E-state index in [2.05, 4.69) is 34.0 Å². The first kappa shape index (κ1) is 20.2. The number of carbonyl (C=O) groups excluding carboxylic acids is 1. The Morgan fingerprint density at radius 2 is 1.71 bits per heavy atom. The predicted octanol–water partition coefficient (Wildman–Crippen LogP) is 4.97. The van der Waals surface area contributed by atoms with Crippen LogP contribution in [0.15, 0.2) is 53.9 Å². The summed E-state index contributed by atoms with van der Waals surface area (Å²) in [4.78, 5) is 27.0. The van der Waals surface area contributed by atoms with Crippen molar-refractivity contribution in [1.29, 1.82) is 0 Å². The van der Waals surface area contributed by atoms with Gasteiger partial charge in [-0.3, -0.25) is 9.78 Å². The topological polar surface area (TPSA) is 55.7 Å². The van der Waals surface area contributed by atoms with Crippen LogP contribution in [0.5, 0.6) is 0 Å². The van der Waals surface area contributed by atoms with Crippen LogP contribution in [0.4, 0.5) is 0 Å². The van der Waals surface area contributed by atoms with E-state index in [0.29, 0.717) is 6.42 Å². The molecule has 1 aromatic carbocycles. The standard InChI is InChI=1S/C23H25N3OS/c1-15-8-18(19-12-25-16(2)26-13-19)6-7-21(15)23(3,4)22(27)10-17-9-20(28-5)14-24-11-17/h6-9,11-14H,10H2,1-5H3. The number of hydrogen-bond acceptors (Lipinski definition) is 5. The minimum atomic E-state index is -0.582. The van der Waals surface area contributed by atoms with Gasteiger partial charge in [-0.05, 0) is 62.3 Å². The van der Waals surface area contributed by atoms with Crippen LogP contribution in [0, 0.1) is 13.8 Å². The third kappa shape index (κ3) is 4.30. The summed E-state index contributed by atoms with van der Waals surface area (Å²) < 4.78 is 0. The smallest absolute Gasteiger partial charge is 0.147 e. The summed E-state index contributed by atoms with van der Waals surface area (Å²) in [5.74, 6) is 0.936. The molecular formula is C23H25N3OS. The molecule has 0 radical (unpaired) electrons. The normalized spacial score (nSPS) is 11.5. The molecule has 0 spiro atoms. The lowest BCUT2D eigenvalue weighted by Gasteiger charge is -2.26. The Morgan fingerprint density at radius 1 is 1.00 bits per heavy atom. The van der Waals surface area contributed by atoms with E-state index in [4.69, 9.17) is 0 Å². The maximum atomic E-state index is 13.1. The van der Waals surface area contributed by atoms with Crippen molar-refractivity contribution in [3.63, 3.8) is 0 Å². The summed E-state index contributed by atoms with van der Waals surface area (Å²) in [6, 6.07) is 8.24. The largest absolute Gasteiger partial charge is 0.298 e. The first-order chi connectivity index (χ1) is 13.3. The Bertz CT molecular complexity index is 997. The number of nitrogens with zero attached hydrogens (tertiary/aromatic N) is 3. The van der Waals surface area contributed by atoms with Gasteiger partial charge < -0.3 is 0 Å². The summed E-state index contributed by atoms with van der Waals surface area (Å²) in [5, 5.41) is 0. The number of ketones is 1. The van der Waals surface area contributed by atoms with Gasteiger partial charge in [0, 0.05) is 47.1 Å². The molecule has 144 valence electrons. The monoisotopic (exact) mass is 391 g/mol. The lowest BCUT2D eigenvalue weighted by Crippen LogP contribution is -2.31. The van der Waals surface area contributed by atoms with Gasteiger partial charge in [0.05, 0.1) is 0 Å². The molecule has 0 unspecified atom stereocenters. The van der Waals surface area contributed by atoms with E-state index >= 15 is 0 Å². The molecule has 0 atom stereocenters. The van der Waals surface area contributed by atoms with E-state index in [0.717, 1.165) is 38.5 Å². The van der Waals surface area contributed by atoms with Crippen LogP contribution in [0.3, 0.4) is 0 Å². The van der Waals surface area contributed by atoms with Crippen LogP contribution in [-0.4, -0.2) is 27.0 Å². The lowest BCUT2D eigenvalue weighted by atomic mass is 9.76. The van der Waals surface area contributed by atoms with Crippen LogP contribution >= 0.6 is 11.8 Å². The van der Waals surface area contributed by atoms with Crippen LogP contribution in [0.2, 0.25) is 0 Å². The van der Waals surface area contributed by atoms with Gasteiger partial charge in [0.15, 0.2) is 0 Å². The third-order valence-electron chi connectivity index (χ3n) is 5.08. The van der Waals surface area contributed by atoms with Gasteiger partial charge in [-0.2, -0.15) is 0 Å². The minimum absolute atomic E-state index is 0.182. The van der Waals surface area contributed by atoms with Gasteiger partial charge in [-0.15, -0.1) is 11.8 Å². The highest BCUT2D eigenvalue weighted by molar-refractivity contribution is 7.98. The van der Waals surface area contributed by atoms with E-state index in [1.165, 1.54) is 0 Å². The molecule has 5 heteroatoms. The van der Waals surface area contributed by atoms with Crippen molar-refractivity contribution in [2.45, 2.75) is 44.4 Å². The molecule has 0 aliphatic rings. The summed E-state index contributed by atoms with van der Waals surface area (Å²) in [5.41, 5.74) is 4.54. The van der Waals surface area contributed by atoms with E-state index < -0.39 is 5.41 Å². The number of aryl methyl sites for hydroxylation is 2. The summed E-state index contributed by atoms with van der Waals surface area (Å²) >= 11 is 1.63. The Hall–Kier alpha value is -2.53.